The second kappa shape index (κ2) is 6.29. The predicted molar refractivity (Wildman–Crippen MR) is 79.3 cm³/mol. The van der Waals surface area contributed by atoms with Crippen molar-refractivity contribution < 1.29 is 8.42 Å². The van der Waals surface area contributed by atoms with Gasteiger partial charge < -0.3 is 5.32 Å². The van der Waals surface area contributed by atoms with E-state index in [1.807, 2.05) is 13.0 Å². The van der Waals surface area contributed by atoms with Gasteiger partial charge in [0.15, 0.2) is 0 Å². The van der Waals surface area contributed by atoms with Gasteiger partial charge in [0.05, 0.1) is 4.90 Å². The van der Waals surface area contributed by atoms with Crippen LogP contribution in [0.2, 0.25) is 0 Å². The normalized spacial score (nSPS) is 11.5. The summed E-state index contributed by atoms with van der Waals surface area (Å²) in [7, 11) is -3.64. The molecule has 0 radical (unpaired) electrons. The Morgan fingerprint density at radius 2 is 2.00 bits per heavy atom. The number of anilines is 1. The highest BCUT2D eigenvalue weighted by molar-refractivity contribution is 7.93. The Kier molecular flexibility index (Phi) is 4.69. The molecule has 2 aromatic rings. The first-order valence-electron chi connectivity index (χ1n) is 6.14. The lowest BCUT2D eigenvalue weighted by Crippen LogP contribution is -2.18. The highest BCUT2D eigenvalue weighted by Crippen LogP contribution is 2.21. The van der Waals surface area contributed by atoms with E-state index in [4.69, 9.17) is 0 Å². The van der Waals surface area contributed by atoms with Gasteiger partial charge in [-0.3, -0.25) is 4.72 Å². The Morgan fingerprint density at radius 1 is 1.25 bits per heavy atom. The maximum atomic E-state index is 12.4. The molecule has 0 fully saturated rings. The summed E-state index contributed by atoms with van der Waals surface area (Å²) >= 11 is 1.20. The van der Waals surface area contributed by atoms with E-state index in [0.717, 1.165) is 12.1 Å². The Hall–Kier alpha value is -1.51. The van der Waals surface area contributed by atoms with E-state index in [2.05, 4.69) is 20.2 Å². The first-order valence-corrected chi connectivity index (χ1v) is 8.44. The van der Waals surface area contributed by atoms with E-state index in [-0.39, 0.29) is 10.0 Å². The van der Waals surface area contributed by atoms with Crippen molar-refractivity contribution in [3.05, 3.63) is 34.8 Å². The molecule has 108 valence electrons. The number of nitrogens with zero attached hydrogens (tertiary/aromatic N) is 2. The molecule has 0 saturated heterocycles. The number of nitrogens with one attached hydrogen (secondary N) is 2. The number of hydrogen-bond donors (Lipinski definition) is 2. The SMILES string of the molecule is CCNCc1ccccc1S(=O)(=O)Nc1nnc(C)s1. The monoisotopic (exact) mass is 312 g/mol. The van der Waals surface area contributed by atoms with Gasteiger partial charge >= 0.3 is 0 Å². The van der Waals surface area contributed by atoms with Crippen molar-refractivity contribution in [1.82, 2.24) is 15.5 Å². The molecule has 1 aromatic carbocycles. The van der Waals surface area contributed by atoms with Gasteiger partial charge in [0.25, 0.3) is 10.0 Å². The fraction of sp³-hybridized carbons (Fsp3) is 0.333. The number of benzene rings is 1. The van der Waals surface area contributed by atoms with Crippen molar-refractivity contribution in [2.75, 3.05) is 11.3 Å². The third-order valence-electron chi connectivity index (χ3n) is 2.58. The summed E-state index contributed by atoms with van der Waals surface area (Å²) in [6.07, 6.45) is 0. The van der Waals surface area contributed by atoms with Crippen LogP contribution in [-0.4, -0.2) is 25.2 Å². The minimum absolute atomic E-state index is 0.258. The molecule has 0 aliphatic rings. The summed E-state index contributed by atoms with van der Waals surface area (Å²) in [5.74, 6) is 0. The molecule has 0 saturated carbocycles. The molecule has 0 unspecified atom stereocenters. The maximum absolute atomic E-state index is 12.4. The van der Waals surface area contributed by atoms with Gasteiger partial charge in [-0.1, -0.05) is 36.5 Å². The Bertz CT molecular complexity index is 682. The molecule has 8 heteroatoms. The Labute approximate surface area is 122 Å². The molecule has 20 heavy (non-hydrogen) atoms. The molecule has 1 aromatic heterocycles. The highest BCUT2D eigenvalue weighted by Gasteiger charge is 2.19. The first-order chi connectivity index (χ1) is 9.53. The lowest BCUT2D eigenvalue weighted by Gasteiger charge is -2.10. The summed E-state index contributed by atoms with van der Waals surface area (Å²) in [4.78, 5) is 0.258. The molecule has 1 heterocycles. The van der Waals surface area contributed by atoms with Crippen molar-refractivity contribution >= 4 is 26.5 Å². The fourth-order valence-corrected chi connectivity index (χ4v) is 3.74. The standard InChI is InChI=1S/C12H16N4O2S2/c1-3-13-8-10-6-4-5-7-11(10)20(17,18)16-12-15-14-9(2)19-12/h4-7,13H,3,8H2,1-2H3,(H,15,16). The van der Waals surface area contributed by atoms with E-state index >= 15 is 0 Å². The van der Waals surface area contributed by atoms with E-state index in [1.54, 1.807) is 25.1 Å². The van der Waals surface area contributed by atoms with Gasteiger partial charge in [-0.05, 0) is 25.1 Å². The minimum Gasteiger partial charge on any atom is -0.313 e. The summed E-state index contributed by atoms with van der Waals surface area (Å²) in [6.45, 7) is 5.02. The molecule has 0 atom stereocenters. The molecule has 6 nitrogen and oxygen atoms in total. The van der Waals surface area contributed by atoms with Crippen molar-refractivity contribution in [2.24, 2.45) is 0 Å². The topological polar surface area (TPSA) is 84.0 Å². The molecule has 0 amide bonds. The Morgan fingerprint density at radius 3 is 2.65 bits per heavy atom. The van der Waals surface area contributed by atoms with Crippen LogP contribution in [0.4, 0.5) is 5.13 Å². The van der Waals surface area contributed by atoms with Gasteiger partial charge in [-0.15, -0.1) is 10.2 Å². The van der Waals surface area contributed by atoms with Gasteiger partial charge in [0.1, 0.15) is 5.01 Å². The first kappa shape index (κ1) is 14.9. The molecular weight excluding hydrogens is 296 g/mol. The average molecular weight is 312 g/mol. The van der Waals surface area contributed by atoms with Gasteiger partial charge in [0.2, 0.25) is 5.13 Å². The van der Waals surface area contributed by atoms with Crippen molar-refractivity contribution in [1.29, 1.82) is 0 Å². The zero-order valence-corrected chi connectivity index (χ0v) is 12.9. The molecule has 0 aliphatic heterocycles. The average Bonchev–Trinajstić information content (AvgIpc) is 2.81. The number of sulfonamides is 1. The molecule has 2 rings (SSSR count). The van der Waals surface area contributed by atoms with E-state index in [0.29, 0.717) is 11.6 Å². The van der Waals surface area contributed by atoms with Crippen LogP contribution in [0.15, 0.2) is 29.2 Å². The van der Waals surface area contributed by atoms with Crippen LogP contribution in [-0.2, 0) is 16.6 Å². The van der Waals surface area contributed by atoms with Crippen LogP contribution in [0.25, 0.3) is 0 Å². The summed E-state index contributed by atoms with van der Waals surface area (Å²) < 4.78 is 27.3. The van der Waals surface area contributed by atoms with Crippen LogP contribution in [0.5, 0.6) is 0 Å². The van der Waals surface area contributed by atoms with E-state index < -0.39 is 10.0 Å². The molecule has 2 N–H and O–H groups in total. The van der Waals surface area contributed by atoms with E-state index in [9.17, 15) is 8.42 Å². The molecule has 0 spiro atoms. The van der Waals surface area contributed by atoms with Gasteiger partial charge in [0, 0.05) is 6.54 Å². The quantitative estimate of drug-likeness (QED) is 0.849. The fourth-order valence-electron chi connectivity index (χ4n) is 1.68. The lowest BCUT2D eigenvalue weighted by atomic mass is 10.2. The third kappa shape index (κ3) is 3.53. The van der Waals surface area contributed by atoms with Gasteiger partial charge in [-0.25, -0.2) is 8.42 Å². The molecule has 0 aliphatic carbocycles. The van der Waals surface area contributed by atoms with Crippen LogP contribution in [0, 0.1) is 6.92 Å². The zero-order valence-electron chi connectivity index (χ0n) is 11.3. The van der Waals surface area contributed by atoms with Crippen LogP contribution >= 0.6 is 11.3 Å². The van der Waals surface area contributed by atoms with Crippen molar-refractivity contribution in [3.63, 3.8) is 0 Å². The second-order valence-corrected chi connectivity index (χ2v) is 6.95. The summed E-state index contributed by atoms with van der Waals surface area (Å²) in [6, 6.07) is 6.90. The summed E-state index contributed by atoms with van der Waals surface area (Å²) in [5.41, 5.74) is 0.725. The van der Waals surface area contributed by atoms with Crippen LogP contribution in [0.3, 0.4) is 0 Å². The van der Waals surface area contributed by atoms with Gasteiger partial charge in [-0.2, -0.15) is 0 Å². The second-order valence-electron chi connectivity index (χ2n) is 4.12. The predicted octanol–water partition coefficient (Wildman–Crippen LogP) is 1.76. The van der Waals surface area contributed by atoms with Crippen LogP contribution < -0.4 is 10.0 Å². The largest absolute Gasteiger partial charge is 0.313 e. The minimum atomic E-state index is -3.64. The lowest BCUT2D eigenvalue weighted by molar-refractivity contribution is 0.598. The van der Waals surface area contributed by atoms with Crippen molar-refractivity contribution in [2.45, 2.75) is 25.3 Å². The smallest absolute Gasteiger partial charge is 0.264 e. The van der Waals surface area contributed by atoms with Crippen LogP contribution in [0.1, 0.15) is 17.5 Å². The number of aryl methyl sites for hydroxylation is 1. The number of rotatable bonds is 6. The highest BCUT2D eigenvalue weighted by atomic mass is 32.2. The molecular formula is C12H16N4O2S2. The third-order valence-corrected chi connectivity index (χ3v) is 4.90. The van der Waals surface area contributed by atoms with Crippen molar-refractivity contribution in [3.8, 4) is 0 Å². The maximum Gasteiger partial charge on any atom is 0.264 e. The number of hydrogen-bond acceptors (Lipinski definition) is 6. The zero-order chi connectivity index (χ0) is 14.6. The summed E-state index contributed by atoms with van der Waals surface area (Å²) in [5, 5.41) is 11.7. The number of aromatic nitrogens is 2. The van der Waals surface area contributed by atoms with E-state index in [1.165, 1.54) is 11.3 Å². The Balaban J connectivity index is 2.29. The molecule has 0 bridgehead atoms.